The summed E-state index contributed by atoms with van der Waals surface area (Å²) in [6.45, 7) is 3.74. The molecular weight excluding hydrogens is 436 g/mol. The molecule has 168 valence electrons. The van der Waals surface area contributed by atoms with Crippen molar-refractivity contribution in [2.75, 3.05) is 13.7 Å². The van der Waals surface area contributed by atoms with Gasteiger partial charge < -0.3 is 9.47 Å². The molecule has 3 aromatic rings. The van der Waals surface area contributed by atoms with Crippen LogP contribution in [0.25, 0.3) is 12.2 Å². The number of benzene rings is 2. The van der Waals surface area contributed by atoms with Gasteiger partial charge in [-0.1, -0.05) is 72.0 Å². The summed E-state index contributed by atoms with van der Waals surface area (Å²) in [5.74, 6) is 0.0884. The molecule has 2 heterocycles. The fourth-order valence-corrected chi connectivity index (χ4v) is 4.80. The Balaban J connectivity index is 1.90. The van der Waals surface area contributed by atoms with Crippen LogP contribution in [-0.2, 0) is 9.53 Å². The average Bonchev–Trinajstić information content (AvgIpc) is 3.13. The first-order valence-corrected chi connectivity index (χ1v) is 11.4. The summed E-state index contributed by atoms with van der Waals surface area (Å²) in [6.07, 6.45) is 5.56. The Morgan fingerprint density at radius 2 is 1.88 bits per heavy atom. The highest BCUT2D eigenvalue weighted by atomic mass is 32.1. The zero-order valence-electron chi connectivity index (χ0n) is 18.6. The van der Waals surface area contributed by atoms with Crippen molar-refractivity contribution < 1.29 is 14.3 Å². The van der Waals surface area contributed by atoms with Crippen molar-refractivity contribution in [3.8, 4) is 5.75 Å². The lowest BCUT2D eigenvalue weighted by Crippen LogP contribution is -2.40. The van der Waals surface area contributed by atoms with Gasteiger partial charge in [0.15, 0.2) is 4.80 Å². The van der Waals surface area contributed by atoms with Gasteiger partial charge in [0, 0.05) is 5.56 Å². The maximum absolute atomic E-state index is 13.5. The summed E-state index contributed by atoms with van der Waals surface area (Å²) >= 11 is 1.29. The summed E-state index contributed by atoms with van der Waals surface area (Å²) in [4.78, 5) is 31.6. The molecule has 1 aliphatic heterocycles. The van der Waals surface area contributed by atoms with E-state index < -0.39 is 12.0 Å². The third kappa shape index (κ3) is 4.45. The van der Waals surface area contributed by atoms with E-state index in [-0.39, 0.29) is 12.2 Å². The Morgan fingerprint density at radius 1 is 1.15 bits per heavy atom. The molecule has 0 bridgehead atoms. The number of esters is 1. The molecule has 4 rings (SSSR count). The Morgan fingerprint density at radius 3 is 2.61 bits per heavy atom. The number of nitrogens with zero attached hydrogens (tertiary/aromatic N) is 2. The number of aromatic nitrogens is 1. The predicted molar refractivity (Wildman–Crippen MR) is 130 cm³/mol. The summed E-state index contributed by atoms with van der Waals surface area (Å²) in [5.41, 5.74) is 2.37. The molecule has 1 aromatic heterocycles. The molecule has 0 unspecified atom stereocenters. The number of para-hydroxylation sites is 1. The van der Waals surface area contributed by atoms with Gasteiger partial charge in [-0.05, 0) is 31.6 Å². The van der Waals surface area contributed by atoms with Crippen molar-refractivity contribution in [1.82, 2.24) is 4.57 Å². The summed E-state index contributed by atoms with van der Waals surface area (Å²) < 4.78 is 13.0. The summed E-state index contributed by atoms with van der Waals surface area (Å²) in [7, 11) is 1.57. The van der Waals surface area contributed by atoms with E-state index in [0.29, 0.717) is 31.9 Å². The van der Waals surface area contributed by atoms with Crippen LogP contribution in [0.1, 0.15) is 31.0 Å². The highest BCUT2D eigenvalue weighted by Crippen LogP contribution is 2.35. The Kier molecular flexibility index (Phi) is 6.70. The molecule has 1 atom stereocenters. The topological polar surface area (TPSA) is 69.9 Å². The van der Waals surface area contributed by atoms with Crippen LogP contribution < -0.4 is 19.6 Å². The van der Waals surface area contributed by atoms with Gasteiger partial charge in [0.2, 0.25) is 0 Å². The number of hydrogen-bond acceptors (Lipinski definition) is 6. The second-order valence-electron chi connectivity index (χ2n) is 7.34. The second-order valence-corrected chi connectivity index (χ2v) is 8.35. The van der Waals surface area contributed by atoms with E-state index in [1.54, 1.807) is 31.6 Å². The first kappa shape index (κ1) is 22.5. The average molecular weight is 461 g/mol. The molecular formula is C26H24N2O4S. The summed E-state index contributed by atoms with van der Waals surface area (Å²) in [5, 5.41) is 0. The fraction of sp³-hybridized carbons (Fsp3) is 0.192. The van der Waals surface area contributed by atoms with Crippen LogP contribution in [-0.4, -0.2) is 24.3 Å². The number of carbonyl (C=O) groups is 1. The zero-order chi connectivity index (χ0) is 23.4. The monoisotopic (exact) mass is 460 g/mol. The maximum atomic E-state index is 13.5. The molecule has 0 saturated carbocycles. The highest BCUT2D eigenvalue weighted by molar-refractivity contribution is 7.07. The van der Waals surface area contributed by atoms with Gasteiger partial charge in [0.1, 0.15) is 11.8 Å². The Labute approximate surface area is 195 Å². The van der Waals surface area contributed by atoms with Gasteiger partial charge in [-0.15, -0.1) is 0 Å². The van der Waals surface area contributed by atoms with Gasteiger partial charge in [-0.2, -0.15) is 0 Å². The lowest BCUT2D eigenvalue weighted by molar-refractivity contribution is -0.139. The molecule has 7 heteroatoms. The molecule has 0 fully saturated rings. The molecule has 1 aliphatic rings. The van der Waals surface area contributed by atoms with Crippen LogP contribution >= 0.6 is 11.3 Å². The minimum absolute atomic E-state index is 0.221. The van der Waals surface area contributed by atoms with Gasteiger partial charge in [0.05, 0.1) is 29.5 Å². The number of methoxy groups -OCH3 is 1. The molecule has 0 radical (unpaired) electrons. The smallest absolute Gasteiger partial charge is 0.338 e. The van der Waals surface area contributed by atoms with Gasteiger partial charge in [-0.25, -0.2) is 9.79 Å². The number of hydrogen-bond donors (Lipinski definition) is 0. The van der Waals surface area contributed by atoms with E-state index in [9.17, 15) is 9.59 Å². The summed E-state index contributed by atoms with van der Waals surface area (Å²) in [6, 6.07) is 16.5. The SMILES string of the molecule is CCOC(=O)C1=C(C)N=c2s/c(=C\C=C\c3ccccc3)c(=O)n2[C@H]1c1ccccc1OC. The van der Waals surface area contributed by atoms with Crippen LogP contribution in [0.3, 0.4) is 0 Å². The number of ether oxygens (including phenoxy) is 2. The first-order valence-electron chi connectivity index (χ1n) is 10.6. The molecule has 0 aliphatic carbocycles. The molecule has 0 spiro atoms. The highest BCUT2D eigenvalue weighted by Gasteiger charge is 2.34. The molecule has 6 nitrogen and oxygen atoms in total. The first-order chi connectivity index (χ1) is 16.0. The largest absolute Gasteiger partial charge is 0.496 e. The number of thiazole rings is 1. The van der Waals surface area contributed by atoms with Crippen molar-refractivity contribution in [2.24, 2.45) is 4.99 Å². The van der Waals surface area contributed by atoms with E-state index in [1.807, 2.05) is 66.7 Å². The van der Waals surface area contributed by atoms with Gasteiger partial charge in [0.25, 0.3) is 5.56 Å². The zero-order valence-corrected chi connectivity index (χ0v) is 19.5. The number of allylic oxidation sites excluding steroid dienone is 2. The third-order valence-electron chi connectivity index (χ3n) is 5.29. The lowest BCUT2D eigenvalue weighted by Gasteiger charge is -2.25. The lowest BCUT2D eigenvalue weighted by atomic mass is 9.95. The minimum Gasteiger partial charge on any atom is -0.496 e. The van der Waals surface area contributed by atoms with E-state index in [0.717, 1.165) is 5.56 Å². The normalized spacial score (nSPS) is 16.0. The number of rotatable bonds is 6. The number of fused-ring (bicyclic) bond motifs is 1. The van der Waals surface area contributed by atoms with Gasteiger partial charge >= 0.3 is 5.97 Å². The van der Waals surface area contributed by atoms with Gasteiger partial charge in [-0.3, -0.25) is 9.36 Å². The Bertz CT molecular complexity index is 1410. The van der Waals surface area contributed by atoms with Crippen LogP contribution in [0.5, 0.6) is 5.75 Å². The number of carbonyl (C=O) groups excluding carboxylic acids is 1. The van der Waals surface area contributed by atoms with E-state index in [2.05, 4.69) is 4.99 Å². The van der Waals surface area contributed by atoms with E-state index in [4.69, 9.17) is 9.47 Å². The quantitative estimate of drug-likeness (QED) is 0.528. The minimum atomic E-state index is -0.697. The van der Waals surface area contributed by atoms with Crippen molar-refractivity contribution in [2.45, 2.75) is 19.9 Å². The van der Waals surface area contributed by atoms with E-state index in [1.165, 1.54) is 11.3 Å². The van der Waals surface area contributed by atoms with Crippen LogP contribution in [0.15, 0.2) is 81.7 Å². The molecule has 33 heavy (non-hydrogen) atoms. The van der Waals surface area contributed by atoms with Crippen LogP contribution in [0, 0.1) is 0 Å². The van der Waals surface area contributed by atoms with Crippen LogP contribution in [0.4, 0.5) is 0 Å². The van der Waals surface area contributed by atoms with Crippen molar-refractivity contribution in [1.29, 1.82) is 0 Å². The van der Waals surface area contributed by atoms with Crippen molar-refractivity contribution in [3.63, 3.8) is 0 Å². The molecule has 0 amide bonds. The molecule has 2 aromatic carbocycles. The fourth-order valence-electron chi connectivity index (χ4n) is 3.80. The maximum Gasteiger partial charge on any atom is 0.338 e. The Hall–Kier alpha value is -3.71. The third-order valence-corrected chi connectivity index (χ3v) is 6.29. The standard InChI is InChI=1S/C26H24N2O4S/c1-4-32-25(30)22-17(2)27-26-28(23(22)19-14-8-9-15-20(19)31-3)24(29)21(33-26)16-10-13-18-11-6-5-7-12-18/h5-16,23H,4H2,1-3H3/b13-10+,21-16-/t23-/m0/s1. The van der Waals surface area contributed by atoms with E-state index >= 15 is 0 Å². The second kappa shape index (κ2) is 9.83. The van der Waals surface area contributed by atoms with Crippen molar-refractivity contribution in [3.05, 3.63) is 103 Å². The molecule has 0 saturated heterocycles. The molecule has 0 N–H and O–H groups in total. The van der Waals surface area contributed by atoms with Crippen LogP contribution in [0.2, 0.25) is 0 Å². The predicted octanol–water partition coefficient (Wildman–Crippen LogP) is 3.47. The van der Waals surface area contributed by atoms with Crippen molar-refractivity contribution >= 4 is 29.5 Å².